The van der Waals surface area contributed by atoms with Gasteiger partial charge in [0, 0.05) is 27.4 Å². The highest BCUT2D eigenvalue weighted by Gasteiger charge is 2.31. The van der Waals surface area contributed by atoms with Crippen LogP contribution in [0.2, 0.25) is 0 Å². The molecule has 190 valence electrons. The number of hydrogen-bond acceptors (Lipinski definition) is 5. The van der Waals surface area contributed by atoms with Crippen LogP contribution in [0, 0.1) is 13.8 Å². The van der Waals surface area contributed by atoms with E-state index in [1.54, 1.807) is 18.3 Å². The van der Waals surface area contributed by atoms with Gasteiger partial charge in [0.05, 0.1) is 23.9 Å². The number of fused-ring (bicyclic) bond motifs is 1. The first-order chi connectivity index (χ1) is 17.1. The zero-order valence-electron chi connectivity index (χ0n) is 20.2. The van der Waals surface area contributed by atoms with Gasteiger partial charge in [0.2, 0.25) is 0 Å². The zero-order valence-corrected chi connectivity index (χ0v) is 21.0. The van der Waals surface area contributed by atoms with Gasteiger partial charge in [0.15, 0.2) is 0 Å². The van der Waals surface area contributed by atoms with Crippen molar-refractivity contribution in [1.82, 2.24) is 9.99 Å². The molecule has 0 spiro atoms. The van der Waals surface area contributed by atoms with Gasteiger partial charge in [-0.2, -0.15) is 18.3 Å². The van der Waals surface area contributed by atoms with Crippen LogP contribution >= 0.6 is 11.3 Å². The fourth-order valence-corrected chi connectivity index (χ4v) is 5.90. The minimum absolute atomic E-state index is 0.143. The monoisotopic (exact) mass is 517 g/mol. The number of nitrogens with one attached hydrogen (secondary N) is 1. The molecule has 0 atom stereocenters. The second kappa shape index (κ2) is 10.3. The molecule has 0 bridgehead atoms. The third-order valence-corrected chi connectivity index (χ3v) is 7.40. The van der Waals surface area contributed by atoms with Gasteiger partial charge in [0.25, 0.3) is 5.91 Å². The van der Waals surface area contributed by atoms with Crippen molar-refractivity contribution in [3.8, 4) is 5.00 Å². The maximum Gasteiger partial charge on any atom is 0.416 e. The number of alkyl halides is 3. The number of carbonyl (C=O) groups is 2. The lowest BCUT2D eigenvalue weighted by atomic mass is 9.95. The molecule has 1 aliphatic rings. The number of hydrazone groups is 1. The summed E-state index contributed by atoms with van der Waals surface area (Å²) in [5.74, 6) is -1.08. The van der Waals surface area contributed by atoms with Crippen LogP contribution in [0.5, 0.6) is 0 Å². The fourth-order valence-electron chi connectivity index (χ4n) is 4.42. The van der Waals surface area contributed by atoms with Gasteiger partial charge in [-0.1, -0.05) is 6.07 Å². The molecule has 3 aromatic rings. The summed E-state index contributed by atoms with van der Waals surface area (Å²) >= 11 is 1.60. The number of carbonyl (C=O) groups excluding carboxylic acids is 2. The number of rotatable bonds is 6. The van der Waals surface area contributed by atoms with E-state index in [1.165, 1.54) is 23.2 Å². The third-order valence-electron chi connectivity index (χ3n) is 6.13. The highest BCUT2D eigenvalue weighted by molar-refractivity contribution is 7.15. The first-order valence-electron chi connectivity index (χ1n) is 11.6. The smallest absolute Gasteiger partial charge is 0.416 e. The van der Waals surface area contributed by atoms with Gasteiger partial charge in [-0.3, -0.25) is 4.79 Å². The van der Waals surface area contributed by atoms with E-state index in [4.69, 9.17) is 4.74 Å². The predicted molar refractivity (Wildman–Crippen MR) is 132 cm³/mol. The van der Waals surface area contributed by atoms with Crippen LogP contribution in [-0.2, 0) is 23.8 Å². The summed E-state index contributed by atoms with van der Waals surface area (Å²) in [5.41, 5.74) is 5.32. The predicted octanol–water partition coefficient (Wildman–Crippen LogP) is 5.99. The van der Waals surface area contributed by atoms with E-state index in [1.807, 2.05) is 24.5 Å². The second-order valence-corrected chi connectivity index (χ2v) is 9.63. The van der Waals surface area contributed by atoms with Gasteiger partial charge in [-0.05, 0) is 76.3 Å². The third kappa shape index (κ3) is 5.09. The molecule has 0 fully saturated rings. The number of nitrogens with zero attached hydrogens (tertiary/aromatic N) is 2. The van der Waals surface area contributed by atoms with E-state index in [-0.39, 0.29) is 18.1 Å². The Kier molecular flexibility index (Phi) is 7.35. The SMILES string of the molecule is CCOC(=O)c1c(-n2c(C)cc(/C=N\NC(=O)c3cccc(C(F)(F)F)c3)c2C)sc2c1CCCC2. The summed E-state index contributed by atoms with van der Waals surface area (Å²) in [4.78, 5) is 26.4. The van der Waals surface area contributed by atoms with E-state index in [0.29, 0.717) is 11.1 Å². The number of amides is 1. The molecule has 6 nitrogen and oxygen atoms in total. The highest BCUT2D eigenvalue weighted by Crippen LogP contribution is 2.39. The van der Waals surface area contributed by atoms with Crippen LogP contribution in [-0.4, -0.2) is 29.3 Å². The molecule has 0 saturated heterocycles. The Morgan fingerprint density at radius 3 is 2.67 bits per heavy atom. The summed E-state index contributed by atoms with van der Waals surface area (Å²) < 4.78 is 46.2. The molecule has 0 radical (unpaired) electrons. The number of halogens is 3. The second-order valence-electron chi connectivity index (χ2n) is 8.55. The minimum Gasteiger partial charge on any atom is -0.462 e. The molecular weight excluding hydrogens is 491 g/mol. The summed E-state index contributed by atoms with van der Waals surface area (Å²) in [7, 11) is 0. The first-order valence-corrected chi connectivity index (χ1v) is 12.4. The molecule has 1 aromatic carbocycles. The Labute approximate surface area is 210 Å². The normalized spacial score (nSPS) is 13.6. The van der Waals surface area contributed by atoms with Crippen LogP contribution in [0.25, 0.3) is 5.00 Å². The van der Waals surface area contributed by atoms with Crippen LogP contribution in [0.4, 0.5) is 13.2 Å². The average molecular weight is 518 g/mol. The van der Waals surface area contributed by atoms with Crippen LogP contribution in [0.15, 0.2) is 35.4 Å². The molecule has 2 aromatic heterocycles. The lowest BCUT2D eigenvalue weighted by Crippen LogP contribution is -2.18. The molecule has 0 saturated carbocycles. The molecular formula is C26H26F3N3O3S. The van der Waals surface area contributed by atoms with Crippen molar-refractivity contribution in [2.24, 2.45) is 5.10 Å². The standard InChI is InChI=1S/C26H26F3N3O3S/c1-4-35-25(34)22-20-10-5-6-11-21(20)36-24(22)32-15(2)12-18(16(32)3)14-30-31-23(33)17-8-7-9-19(13-17)26(27,28)29/h7-9,12-14H,4-6,10-11H2,1-3H3,(H,31,33)/b30-14-. The number of benzene rings is 1. The lowest BCUT2D eigenvalue weighted by Gasteiger charge is -2.13. The minimum atomic E-state index is -4.54. The van der Waals surface area contributed by atoms with Crippen molar-refractivity contribution in [2.45, 2.75) is 52.6 Å². The molecule has 4 rings (SSSR count). The zero-order chi connectivity index (χ0) is 26.0. The average Bonchev–Trinajstić information content (AvgIpc) is 3.34. The molecule has 36 heavy (non-hydrogen) atoms. The van der Waals surface area contributed by atoms with Crippen molar-refractivity contribution < 1.29 is 27.5 Å². The molecule has 1 aliphatic carbocycles. The van der Waals surface area contributed by atoms with E-state index < -0.39 is 17.6 Å². The van der Waals surface area contributed by atoms with Gasteiger partial charge >= 0.3 is 12.1 Å². The van der Waals surface area contributed by atoms with Crippen LogP contribution < -0.4 is 5.43 Å². The quantitative estimate of drug-likeness (QED) is 0.248. The van der Waals surface area contributed by atoms with Crippen molar-refractivity contribution in [3.05, 3.63) is 74.4 Å². The summed E-state index contributed by atoms with van der Waals surface area (Å²) in [6.45, 7) is 5.87. The van der Waals surface area contributed by atoms with Gasteiger partial charge in [-0.25, -0.2) is 10.2 Å². The molecule has 0 unspecified atom stereocenters. The van der Waals surface area contributed by atoms with Gasteiger partial charge in [-0.15, -0.1) is 11.3 Å². The number of ether oxygens (including phenoxy) is 1. The van der Waals surface area contributed by atoms with Crippen LogP contribution in [0.1, 0.15) is 73.4 Å². The lowest BCUT2D eigenvalue weighted by molar-refractivity contribution is -0.137. The Morgan fingerprint density at radius 2 is 1.94 bits per heavy atom. The molecule has 0 aliphatic heterocycles. The van der Waals surface area contributed by atoms with Gasteiger partial charge < -0.3 is 9.30 Å². The van der Waals surface area contributed by atoms with E-state index in [9.17, 15) is 22.8 Å². The molecule has 1 N–H and O–H groups in total. The Balaban J connectivity index is 1.61. The number of hydrogen-bond donors (Lipinski definition) is 1. The Hall–Kier alpha value is -3.40. The number of aromatic nitrogens is 1. The maximum absolute atomic E-state index is 12.9. The van der Waals surface area contributed by atoms with Gasteiger partial charge in [0.1, 0.15) is 5.00 Å². The number of aryl methyl sites for hydroxylation is 2. The largest absolute Gasteiger partial charge is 0.462 e. The Bertz CT molecular complexity index is 1340. The van der Waals surface area contributed by atoms with E-state index in [0.717, 1.165) is 59.8 Å². The van der Waals surface area contributed by atoms with E-state index in [2.05, 4.69) is 10.5 Å². The fraction of sp³-hybridized carbons (Fsp3) is 0.346. The van der Waals surface area contributed by atoms with E-state index >= 15 is 0 Å². The number of esters is 1. The number of thiophene rings is 1. The van der Waals surface area contributed by atoms with Crippen molar-refractivity contribution in [1.29, 1.82) is 0 Å². The Morgan fingerprint density at radius 1 is 1.19 bits per heavy atom. The maximum atomic E-state index is 12.9. The van der Waals surface area contributed by atoms with Crippen molar-refractivity contribution >= 4 is 29.4 Å². The van der Waals surface area contributed by atoms with Crippen LogP contribution in [0.3, 0.4) is 0 Å². The molecule has 10 heteroatoms. The van der Waals surface area contributed by atoms with Crippen molar-refractivity contribution in [3.63, 3.8) is 0 Å². The summed E-state index contributed by atoms with van der Waals surface area (Å²) in [6.07, 6.45) is 0.796. The molecule has 2 heterocycles. The first kappa shape index (κ1) is 25.7. The highest BCUT2D eigenvalue weighted by atomic mass is 32.1. The summed E-state index contributed by atoms with van der Waals surface area (Å²) in [5, 5.41) is 4.77. The van der Waals surface area contributed by atoms with Crippen molar-refractivity contribution in [2.75, 3.05) is 6.61 Å². The molecule has 1 amide bonds. The summed E-state index contributed by atoms with van der Waals surface area (Å²) in [6, 6.07) is 6.04. The topological polar surface area (TPSA) is 72.7 Å².